The van der Waals surface area contributed by atoms with Gasteiger partial charge in [0.05, 0.1) is 6.61 Å². The molecule has 1 rings (SSSR count). The molecule has 0 aliphatic heterocycles. The van der Waals surface area contributed by atoms with E-state index in [-0.39, 0.29) is 11.9 Å². The third-order valence-corrected chi connectivity index (χ3v) is 2.90. The first-order valence-corrected chi connectivity index (χ1v) is 7.26. The van der Waals surface area contributed by atoms with E-state index >= 15 is 0 Å². The molecular formula is C16H26FNO2. The van der Waals surface area contributed by atoms with E-state index in [1.54, 1.807) is 0 Å². The van der Waals surface area contributed by atoms with E-state index in [2.05, 4.69) is 13.8 Å². The Morgan fingerprint density at radius 3 is 2.60 bits per heavy atom. The van der Waals surface area contributed by atoms with Gasteiger partial charge in [-0.1, -0.05) is 20.8 Å². The third-order valence-electron chi connectivity index (χ3n) is 2.90. The van der Waals surface area contributed by atoms with Crippen molar-refractivity contribution in [2.45, 2.75) is 39.7 Å². The van der Waals surface area contributed by atoms with E-state index < -0.39 is 0 Å². The quantitative estimate of drug-likeness (QED) is 0.708. The molecule has 0 spiro atoms. The first-order valence-electron chi connectivity index (χ1n) is 7.26. The number of nitrogens with two attached hydrogens (primary N) is 1. The summed E-state index contributed by atoms with van der Waals surface area (Å²) in [5.74, 6) is 0.756. The molecule has 0 fully saturated rings. The van der Waals surface area contributed by atoms with Crippen molar-refractivity contribution in [1.82, 2.24) is 0 Å². The van der Waals surface area contributed by atoms with Crippen LogP contribution in [-0.2, 0) is 11.2 Å². The van der Waals surface area contributed by atoms with Crippen molar-refractivity contribution in [2.24, 2.45) is 11.7 Å². The van der Waals surface area contributed by atoms with E-state index in [0.29, 0.717) is 37.9 Å². The third kappa shape index (κ3) is 6.87. The number of halogens is 1. The Bertz CT molecular complexity index is 396. The zero-order valence-corrected chi connectivity index (χ0v) is 12.7. The van der Waals surface area contributed by atoms with Gasteiger partial charge in [0.2, 0.25) is 0 Å². The van der Waals surface area contributed by atoms with Crippen LogP contribution in [0.5, 0.6) is 5.75 Å². The average molecular weight is 283 g/mol. The predicted octanol–water partition coefficient (Wildman–Crippen LogP) is 3.16. The molecule has 4 heteroatoms. The van der Waals surface area contributed by atoms with Crippen LogP contribution in [0.2, 0.25) is 0 Å². The maximum Gasteiger partial charge on any atom is 0.127 e. The largest absolute Gasteiger partial charge is 0.491 e. The summed E-state index contributed by atoms with van der Waals surface area (Å²) in [7, 11) is 0. The first kappa shape index (κ1) is 16.9. The minimum absolute atomic E-state index is 0.0547. The van der Waals surface area contributed by atoms with Gasteiger partial charge >= 0.3 is 0 Å². The molecule has 0 heterocycles. The topological polar surface area (TPSA) is 44.5 Å². The molecule has 1 unspecified atom stereocenters. The van der Waals surface area contributed by atoms with Gasteiger partial charge in [-0.25, -0.2) is 4.39 Å². The standard InChI is InChI=1S/C16H26FNO2/c1-4-15(18)8-13-7-14(17)10-16(9-13)20-6-5-19-11-12(2)3/h7,9-10,12,15H,4-6,8,11,18H2,1-3H3. The summed E-state index contributed by atoms with van der Waals surface area (Å²) >= 11 is 0. The number of benzene rings is 1. The normalized spacial score (nSPS) is 12.7. The maximum atomic E-state index is 13.5. The highest BCUT2D eigenvalue weighted by atomic mass is 19.1. The molecule has 1 aromatic carbocycles. The molecule has 3 nitrogen and oxygen atoms in total. The van der Waals surface area contributed by atoms with Gasteiger partial charge in [0.25, 0.3) is 0 Å². The summed E-state index contributed by atoms with van der Waals surface area (Å²) in [4.78, 5) is 0. The molecule has 0 saturated heterocycles. The molecule has 0 radical (unpaired) electrons. The Balaban J connectivity index is 2.45. The smallest absolute Gasteiger partial charge is 0.127 e. The summed E-state index contributed by atoms with van der Waals surface area (Å²) in [6, 6.07) is 4.81. The fraction of sp³-hybridized carbons (Fsp3) is 0.625. The Morgan fingerprint density at radius 1 is 1.20 bits per heavy atom. The zero-order valence-electron chi connectivity index (χ0n) is 12.7. The van der Waals surface area contributed by atoms with Gasteiger partial charge in [-0.2, -0.15) is 0 Å². The van der Waals surface area contributed by atoms with Crippen LogP contribution >= 0.6 is 0 Å². The minimum atomic E-state index is -0.288. The van der Waals surface area contributed by atoms with E-state index in [0.717, 1.165) is 12.0 Å². The first-order chi connectivity index (χ1) is 9.51. The minimum Gasteiger partial charge on any atom is -0.491 e. The summed E-state index contributed by atoms with van der Waals surface area (Å²) in [5, 5.41) is 0. The second-order valence-corrected chi connectivity index (χ2v) is 5.48. The van der Waals surface area contributed by atoms with Gasteiger partial charge in [-0.05, 0) is 36.5 Å². The van der Waals surface area contributed by atoms with Crippen molar-refractivity contribution >= 4 is 0 Å². The Hall–Kier alpha value is -1.13. The number of hydrogen-bond donors (Lipinski definition) is 1. The van der Waals surface area contributed by atoms with Crippen LogP contribution in [0.1, 0.15) is 32.8 Å². The summed E-state index contributed by atoms with van der Waals surface area (Å²) in [5.41, 5.74) is 6.76. The van der Waals surface area contributed by atoms with E-state index in [1.807, 2.05) is 13.0 Å². The lowest BCUT2D eigenvalue weighted by molar-refractivity contribution is 0.0818. The van der Waals surface area contributed by atoms with Gasteiger partial charge in [0.15, 0.2) is 0 Å². The molecule has 0 aromatic heterocycles. The van der Waals surface area contributed by atoms with Crippen LogP contribution in [0.3, 0.4) is 0 Å². The van der Waals surface area contributed by atoms with E-state index in [9.17, 15) is 4.39 Å². The van der Waals surface area contributed by atoms with Crippen LogP contribution < -0.4 is 10.5 Å². The zero-order chi connectivity index (χ0) is 15.0. The van der Waals surface area contributed by atoms with Crippen molar-refractivity contribution in [3.63, 3.8) is 0 Å². The highest BCUT2D eigenvalue weighted by Crippen LogP contribution is 2.18. The molecule has 0 amide bonds. The summed E-state index contributed by atoms with van der Waals surface area (Å²) in [6.45, 7) is 7.86. The van der Waals surface area contributed by atoms with Crippen LogP contribution in [0, 0.1) is 11.7 Å². The van der Waals surface area contributed by atoms with Gasteiger partial charge in [0.1, 0.15) is 18.2 Å². The Kier molecular flexibility index (Phi) is 7.55. The fourth-order valence-corrected chi connectivity index (χ4v) is 1.81. The maximum absolute atomic E-state index is 13.5. The van der Waals surface area contributed by atoms with Gasteiger partial charge in [0, 0.05) is 18.7 Å². The summed E-state index contributed by atoms with van der Waals surface area (Å²) in [6.07, 6.45) is 1.53. The van der Waals surface area contributed by atoms with Crippen molar-refractivity contribution < 1.29 is 13.9 Å². The lowest BCUT2D eigenvalue weighted by Gasteiger charge is -2.12. The molecule has 2 N–H and O–H groups in total. The average Bonchev–Trinajstić information content (AvgIpc) is 2.37. The van der Waals surface area contributed by atoms with Crippen LogP contribution in [0.25, 0.3) is 0 Å². The second kappa shape index (κ2) is 8.93. The molecule has 20 heavy (non-hydrogen) atoms. The molecule has 1 atom stereocenters. The van der Waals surface area contributed by atoms with Crippen molar-refractivity contribution in [3.8, 4) is 5.75 Å². The van der Waals surface area contributed by atoms with Crippen LogP contribution in [-0.4, -0.2) is 25.9 Å². The monoisotopic (exact) mass is 283 g/mol. The fourth-order valence-electron chi connectivity index (χ4n) is 1.81. The highest BCUT2D eigenvalue weighted by molar-refractivity contribution is 5.30. The van der Waals surface area contributed by atoms with Gasteiger partial charge in [-0.15, -0.1) is 0 Å². The predicted molar refractivity (Wildman–Crippen MR) is 79.5 cm³/mol. The van der Waals surface area contributed by atoms with Gasteiger partial charge < -0.3 is 15.2 Å². The Morgan fingerprint density at radius 2 is 1.95 bits per heavy atom. The van der Waals surface area contributed by atoms with E-state index in [1.165, 1.54) is 12.1 Å². The number of ether oxygens (including phenoxy) is 2. The Labute approximate surface area is 121 Å². The van der Waals surface area contributed by atoms with Crippen LogP contribution in [0.15, 0.2) is 18.2 Å². The molecule has 1 aromatic rings. The molecule has 0 saturated carbocycles. The molecule has 114 valence electrons. The molecule has 0 aliphatic rings. The molecule has 0 aliphatic carbocycles. The molecular weight excluding hydrogens is 257 g/mol. The molecule has 0 bridgehead atoms. The lowest BCUT2D eigenvalue weighted by atomic mass is 10.0. The van der Waals surface area contributed by atoms with Crippen molar-refractivity contribution in [3.05, 3.63) is 29.6 Å². The van der Waals surface area contributed by atoms with Crippen molar-refractivity contribution in [1.29, 1.82) is 0 Å². The van der Waals surface area contributed by atoms with Gasteiger partial charge in [-0.3, -0.25) is 0 Å². The lowest BCUT2D eigenvalue weighted by Crippen LogP contribution is -2.21. The number of hydrogen-bond acceptors (Lipinski definition) is 3. The van der Waals surface area contributed by atoms with Crippen LogP contribution in [0.4, 0.5) is 4.39 Å². The van der Waals surface area contributed by atoms with E-state index in [4.69, 9.17) is 15.2 Å². The second-order valence-electron chi connectivity index (χ2n) is 5.48. The summed E-state index contributed by atoms with van der Waals surface area (Å²) < 4.78 is 24.5. The van der Waals surface area contributed by atoms with Crippen molar-refractivity contribution in [2.75, 3.05) is 19.8 Å². The number of rotatable bonds is 9. The highest BCUT2D eigenvalue weighted by Gasteiger charge is 2.06. The SMILES string of the molecule is CCC(N)Cc1cc(F)cc(OCCOCC(C)C)c1.